The van der Waals surface area contributed by atoms with Crippen molar-refractivity contribution >= 4 is 45.0 Å². The maximum atomic E-state index is 13.5. The Morgan fingerprint density at radius 2 is 1.68 bits per heavy atom. The maximum Gasteiger partial charge on any atom is 0.573 e. The smallest absolute Gasteiger partial charge is 0.465 e. The van der Waals surface area contributed by atoms with Crippen LogP contribution in [0.25, 0.3) is 0 Å². The van der Waals surface area contributed by atoms with E-state index in [4.69, 9.17) is 23.2 Å². The number of alkyl halides is 3. The number of nitrogens with zero attached hydrogens (tertiary/aromatic N) is 2. The molecule has 3 aromatic rings. The lowest BCUT2D eigenvalue weighted by molar-refractivity contribution is -0.274. The fraction of sp³-hybridized carbons (Fsp3) is 0.143. The number of rotatable bonds is 7. The molecule has 7 nitrogen and oxygen atoms in total. The van der Waals surface area contributed by atoms with Crippen molar-refractivity contribution < 1.29 is 35.9 Å². The molecule has 0 aliphatic heterocycles. The number of aromatic nitrogens is 1. The van der Waals surface area contributed by atoms with Gasteiger partial charge in [0.1, 0.15) is 5.75 Å². The zero-order valence-corrected chi connectivity index (χ0v) is 19.5. The monoisotopic (exact) mass is 534 g/mol. The van der Waals surface area contributed by atoms with E-state index in [1.54, 1.807) is 0 Å². The average Bonchev–Trinajstić information content (AvgIpc) is 2.77. The number of anilines is 1. The summed E-state index contributed by atoms with van der Waals surface area (Å²) in [7, 11) is -3.11. The van der Waals surface area contributed by atoms with E-state index < -0.39 is 28.1 Å². The largest absolute Gasteiger partial charge is 0.573 e. The van der Waals surface area contributed by atoms with Gasteiger partial charge < -0.3 is 9.47 Å². The van der Waals surface area contributed by atoms with Crippen LogP contribution in [-0.2, 0) is 21.3 Å². The highest BCUT2D eigenvalue weighted by Crippen LogP contribution is 2.32. The van der Waals surface area contributed by atoms with Gasteiger partial charge in [0.2, 0.25) is 0 Å². The predicted molar refractivity (Wildman–Crippen MR) is 119 cm³/mol. The Bertz CT molecular complexity index is 1290. The summed E-state index contributed by atoms with van der Waals surface area (Å²) in [6, 6.07) is 10.9. The Morgan fingerprint density at radius 3 is 2.21 bits per heavy atom. The molecule has 2 aromatic carbocycles. The van der Waals surface area contributed by atoms with Crippen LogP contribution >= 0.6 is 23.2 Å². The molecule has 0 radical (unpaired) electrons. The third kappa shape index (κ3) is 6.10. The van der Waals surface area contributed by atoms with Gasteiger partial charge in [-0.2, -0.15) is 0 Å². The SMILES string of the molecule is COC(=O)c1ccc(S(=O)(=O)N(Cc2ccc(OC(F)(F)F)cc2)c2ncc(Cl)cc2Cl)cc1. The third-order valence-electron chi connectivity index (χ3n) is 4.37. The van der Waals surface area contributed by atoms with Crippen molar-refractivity contribution in [3.8, 4) is 5.75 Å². The summed E-state index contributed by atoms with van der Waals surface area (Å²) < 4.78 is 73.6. The number of benzene rings is 2. The number of methoxy groups -OCH3 is 1. The number of pyridine rings is 1. The molecule has 34 heavy (non-hydrogen) atoms. The molecule has 0 saturated heterocycles. The van der Waals surface area contributed by atoms with Crippen LogP contribution < -0.4 is 9.04 Å². The predicted octanol–water partition coefficient (Wildman–Crippen LogP) is 5.47. The number of carbonyl (C=O) groups excluding carboxylic acids is 1. The van der Waals surface area contributed by atoms with E-state index in [-0.39, 0.29) is 32.9 Å². The van der Waals surface area contributed by atoms with E-state index in [2.05, 4.69) is 14.5 Å². The minimum absolute atomic E-state index is 0.0701. The summed E-state index contributed by atoms with van der Waals surface area (Å²) in [6.45, 7) is -0.332. The highest BCUT2D eigenvalue weighted by atomic mass is 35.5. The fourth-order valence-electron chi connectivity index (χ4n) is 2.84. The van der Waals surface area contributed by atoms with Crippen molar-refractivity contribution in [3.05, 3.63) is 82.0 Å². The molecule has 0 unspecified atom stereocenters. The van der Waals surface area contributed by atoms with Crippen LogP contribution in [0.3, 0.4) is 0 Å². The second-order valence-corrected chi connectivity index (χ2v) is 9.38. The van der Waals surface area contributed by atoms with E-state index >= 15 is 0 Å². The first-order valence-corrected chi connectivity index (χ1v) is 11.5. The van der Waals surface area contributed by atoms with Crippen LogP contribution in [-0.4, -0.2) is 32.8 Å². The maximum absolute atomic E-state index is 13.5. The Kier molecular flexibility index (Phi) is 7.59. The zero-order valence-electron chi connectivity index (χ0n) is 17.2. The van der Waals surface area contributed by atoms with Crippen LogP contribution in [0.5, 0.6) is 5.75 Å². The summed E-state index contributed by atoms with van der Waals surface area (Å²) in [5, 5.41) is 0.0986. The van der Waals surface area contributed by atoms with Gasteiger partial charge in [0, 0.05) is 6.20 Å². The molecule has 0 N–H and O–H groups in total. The molecule has 0 saturated carbocycles. The van der Waals surface area contributed by atoms with Gasteiger partial charge in [0.25, 0.3) is 10.0 Å². The Hall–Kier alpha value is -3.02. The summed E-state index contributed by atoms with van der Waals surface area (Å²) in [5.74, 6) is -1.27. The van der Waals surface area contributed by atoms with Gasteiger partial charge >= 0.3 is 12.3 Å². The normalized spacial score (nSPS) is 11.7. The van der Waals surface area contributed by atoms with Gasteiger partial charge in [0.05, 0.1) is 34.2 Å². The summed E-state index contributed by atoms with van der Waals surface area (Å²) in [6.07, 6.45) is -3.67. The molecule has 180 valence electrons. The number of esters is 1. The quantitative estimate of drug-likeness (QED) is 0.373. The molecular formula is C21H15Cl2F3N2O5S. The Balaban J connectivity index is 2.01. The molecule has 1 heterocycles. The van der Waals surface area contributed by atoms with Gasteiger partial charge in [-0.05, 0) is 48.0 Å². The van der Waals surface area contributed by atoms with Crippen molar-refractivity contribution in [2.75, 3.05) is 11.4 Å². The van der Waals surface area contributed by atoms with E-state index in [0.29, 0.717) is 5.56 Å². The van der Waals surface area contributed by atoms with Gasteiger partial charge in [0.15, 0.2) is 5.82 Å². The number of ether oxygens (including phenoxy) is 2. The molecule has 0 amide bonds. The average molecular weight is 535 g/mol. The molecular weight excluding hydrogens is 520 g/mol. The highest BCUT2D eigenvalue weighted by molar-refractivity contribution is 7.92. The minimum Gasteiger partial charge on any atom is -0.465 e. The first kappa shape index (κ1) is 25.6. The summed E-state index contributed by atoms with van der Waals surface area (Å²) in [4.78, 5) is 15.5. The Labute approximate surface area is 202 Å². The second kappa shape index (κ2) is 10.1. The van der Waals surface area contributed by atoms with Crippen LogP contribution in [0.15, 0.2) is 65.7 Å². The first-order valence-electron chi connectivity index (χ1n) is 9.27. The molecule has 0 fully saturated rings. The van der Waals surface area contributed by atoms with Crippen molar-refractivity contribution in [3.63, 3.8) is 0 Å². The van der Waals surface area contributed by atoms with Crippen molar-refractivity contribution in [1.82, 2.24) is 4.98 Å². The van der Waals surface area contributed by atoms with E-state index in [0.717, 1.165) is 16.4 Å². The van der Waals surface area contributed by atoms with Crippen LogP contribution in [0.1, 0.15) is 15.9 Å². The number of carbonyl (C=O) groups is 1. The molecule has 13 heteroatoms. The number of sulfonamides is 1. The summed E-state index contributed by atoms with van der Waals surface area (Å²) >= 11 is 12.1. The van der Waals surface area contributed by atoms with E-state index in [9.17, 15) is 26.4 Å². The topological polar surface area (TPSA) is 85.8 Å². The molecule has 0 atom stereocenters. The fourth-order valence-corrected chi connectivity index (χ4v) is 4.79. The molecule has 0 spiro atoms. The highest BCUT2D eigenvalue weighted by Gasteiger charge is 2.31. The van der Waals surface area contributed by atoms with Crippen molar-refractivity contribution in [2.24, 2.45) is 0 Å². The van der Waals surface area contributed by atoms with Gasteiger partial charge in [-0.25, -0.2) is 22.5 Å². The Morgan fingerprint density at radius 1 is 1.06 bits per heavy atom. The van der Waals surface area contributed by atoms with Gasteiger partial charge in [-0.1, -0.05) is 35.3 Å². The summed E-state index contributed by atoms with van der Waals surface area (Å²) in [5.41, 5.74) is 0.452. The number of halogens is 5. The molecule has 1 aromatic heterocycles. The zero-order chi connectivity index (χ0) is 25.1. The third-order valence-corrected chi connectivity index (χ3v) is 6.61. The van der Waals surface area contributed by atoms with Crippen molar-refractivity contribution in [2.45, 2.75) is 17.8 Å². The molecule has 0 aliphatic rings. The standard InChI is InChI=1S/C21H15Cl2F3N2O5S/c1-32-20(29)14-4-8-17(9-5-14)34(30,31)28(19-18(23)10-15(22)11-27-19)12-13-2-6-16(7-3-13)33-21(24,25)26/h2-11H,12H2,1H3. The van der Waals surface area contributed by atoms with Gasteiger partial charge in [-0.3, -0.25) is 0 Å². The lowest BCUT2D eigenvalue weighted by Gasteiger charge is -2.24. The second-order valence-electron chi connectivity index (χ2n) is 6.68. The lowest BCUT2D eigenvalue weighted by atomic mass is 10.2. The number of hydrogen-bond donors (Lipinski definition) is 0. The van der Waals surface area contributed by atoms with E-state index in [1.165, 1.54) is 55.8 Å². The van der Waals surface area contributed by atoms with Crippen LogP contribution in [0, 0.1) is 0 Å². The number of hydrogen-bond acceptors (Lipinski definition) is 6. The van der Waals surface area contributed by atoms with Crippen LogP contribution in [0.4, 0.5) is 19.0 Å². The van der Waals surface area contributed by atoms with Crippen LogP contribution in [0.2, 0.25) is 10.0 Å². The lowest BCUT2D eigenvalue weighted by Crippen LogP contribution is -2.31. The minimum atomic E-state index is -4.87. The molecule has 0 aliphatic carbocycles. The molecule has 0 bridgehead atoms. The first-order chi connectivity index (χ1) is 15.9. The van der Waals surface area contributed by atoms with E-state index in [1.807, 2.05) is 0 Å². The van der Waals surface area contributed by atoms with Crippen molar-refractivity contribution in [1.29, 1.82) is 0 Å². The van der Waals surface area contributed by atoms with Gasteiger partial charge in [-0.15, -0.1) is 13.2 Å². The molecule has 3 rings (SSSR count).